The first-order chi connectivity index (χ1) is 14.8. The molecule has 0 spiro atoms. The van der Waals surface area contributed by atoms with Crippen LogP contribution in [-0.4, -0.2) is 63.5 Å². The minimum atomic E-state index is -1.47. The monoisotopic (exact) mass is 432 g/mol. The molecule has 1 aromatic heterocycles. The summed E-state index contributed by atoms with van der Waals surface area (Å²) in [5, 5.41) is 14.6. The Hall–Kier alpha value is -3.50. The van der Waals surface area contributed by atoms with E-state index in [4.69, 9.17) is 5.11 Å². The van der Waals surface area contributed by atoms with Crippen molar-refractivity contribution in [3.63, 3.8) is 0 Å². The van der Waals surface area contributed by atoms with E-state index in [0.29, 0.717) is 37.9 Å². The number of carbonyl (C=O) groups excluding carboxylic acids is 1. The van der Waals surface area contributed by atoms with Gasteiger partial charge < -0.3 is 10.0 Å². The van der Waals surface area contributed by atoms with Crippen LogP contribution in [0, 0.1) is 11.7 Å². The number of hydrogen-bond donors (Lipinski definition) is 1. The van der Waals surface area contributed by atoms with Gasteiger partial charge in [0.2, 0.25) is 5.91 Å². The Morgan fingerprint density at radius 1 is 1.32 bits per heavy atom. The van der Waals surface area contributed by atoms with E-state index in [9.17, 15) is 18.4 Å². The van der Waals surface area contributed by atoms with Gasteiger partial charge in [-0.1, -0.05) is 6.58 Å². The molecule has 2 aliphatic heterocycles. The van der Waals surface area contributed by atoms with Crippen LogP contribution in [0.4, 0.5) is 14.6 Å². The van der Waals surface area contributed by atoms with Crippen LogP contribution in [0.5, 0.6) is 0 Å². The number of nitrogens with zero attached hydrogens (tertiary/aromatic N) is 6. The second-order valence-corrected chi connectivity index (χ2v) is 7.23. The van der Waals surface area contributed by atoms with Crippen LogP contribution in [0.3, 0.4) is 0 Å². The number of allylic oxidation sites excluding steroid dienone is 1. The van der Waals surface area contributed by atoms with Crippen molar-refractivity contribution in [2.45, 2.75) is 32.2 Å². The predicted molar refractivity (Wildman–Crippen MR) is 110 cm³/mol. The van der Waals surface area contributed by atoms with Crippen LogP contribution in [0.15, 0.2) is 40.6 Å². The maximum absolute atomic E-state index is 14.4. The molecule has 2 aliphatic rings. The molecular weight excluding hydrogens is 410 g/mol. The maximum Gasteiger partial charge on any atom is 0.357 e. The second kappa shape index (κ2) is 9.54. The topological polar surface area (TPSA) is 111 Å². The van der Waals surface area contributed by atoms with Gasteiger partial charge in [0, 0.05) is 37.9 Å². The SMILES string of the molecule is C=C(C=N/C=C(\C)F)[C@@H]1CC=NN1C(=O)C1CCN(c2ncnc(C(=O)O)c2F)CC1. The van der Waals surface area contributed by atoms with Gasteiger partial charge in [-0.25, -0.2) is 28.6 Å². The first-order valence-corrected chi connectivity index (χ1v) is 9.68. The average molecular weight is 432 g/mol. The molecule has 11 heteroatoms. The third-order valence-electron chi connectivity index (χ3n) is 5.09. The Labute approximate surface area is 177 Å². The van der Waals surface area contributed by atoms with E-state index in [1.54, 1.807) is 11.1 Å². The number of piperidine rings is 1. The fraction of sp³-hybridized carbons (Fsp3) is 0.400. The van der Waals surface area contributed by atoms with Crippen molar-refractivity contribution in [3.05, 3.63) is 42.0 Å². The van der Waals surface area contributed by atoms with Crippen LogP contribution in [0.2, 0.25) is 0 Å². The summed E-state index contributed by atoms with van der Waals surface area (Å²) in [7, 11) is 0. The maximum atomic E-state index is 14.4. The zero-order valence-corrected chi connectivity index (χ0v) is 16.9. The number of carbonyl (C=O) groups is 2. The largest absolute Gasteiger partial charge is 0.476 e. The summed E-state index contributed by atoms with van der Waals surface area (Å²) in [6.45, 7) is 5.84. The molecule has 3 rings (SSSR count). The Balaban J connectivity index is 1.64. The van der Waals surface area contributed by atoms with E-state index in [2.05, 4.69) is 26.6 Å². The van der Waals surface area contributed by atoms with Crippen molar-refractivity contribution in [2.24, 2.45) is 16.0 Å². The van der Waals surface area contributed by atoms with Gasteiger partial charge in [0.05, 0.1) is 12.2 Å². The second-order valence-electron chi connectivity index (χ2n) is 7.23. The molecule has 1 aromatic rings. The molecule has 1 atom stereocenters. The molecule has 9 nitrogen and oxygen atoms in total. The molecule has 0 radical (unpaired) electrons. The number of anilines is 1. The number of amides is 1. The van der Waals surface area contributed by atoms with Crippen molar-refractivity contribution in [2.75, 3.05) is 18.0 Å². The highest BCUT2D eigenvalue weighted by Crippen LogP contribution is 2.28. The Kier molecular flexibility index (Phi) is 6.83. The number of hydrazone groups is 1. The van der Waals surface area contributed by atoms with E-state index >= 15 is 0 Å². The van der Waals surface area contributed by atoms with Crippen molar-refractivity contribution < 1.29 is 23.5 Å². The first kappa shape index (κ1) is 22.2. The summed E-state index contributed by atoms with van der Waals surface area (Å²) < 4.78 is 27.2. The van der Waals surface area contributed by atoms with E-state index in [-0.39, 0.29) is 23.7 Å². The molecule has 0 unspecified atom stereocenters. The van der Waals surface area contributed by atoms with Crippen LogP contribution < -0.4 is 4.90 Å². The lowest BCUT2D eigenvalue weighted by Crippen LogP contribution is -2.44. The quantitative estimate of drug-likeness (QED) is 0.692. The highest BCUT2D eigenvalue weighted by molar-refractivity contribution is 5.88. The molecule has 1 amide bonds. The molecule has 0 saturated carbocycles. The van der Waals surface area contributed by atoms with E-state index in [0.717, 1.165) is 12.5 Å². The third kappa shape index (κ3) is 4.98. The molecule has 3 heterocycles. The average Bonchev–Trinajstić information content (AvgIpc) is 3.23. The number of hydrogen-bond acceptors (Lipinski definition) is 7. The van der Waals surface area contributed by atoms with Crippen molar-refractivity contribution in [1.29, 1.82) is 0 Å². The standard InChI is InChI=1S/C20H22F2N6O3/c1-12(9-23-10-13(2)21)15-3-6-26-28(15)19(29)14-4-7-27(8-5-14)18-16(22)17(20(30)31)24-11-25-18/h6,9-11,14-15H,1,3-5,7-8H2,2H3,(H,30,31)/b13-10+,23-9?/t15-/m0/s1. The Morgan fingerprint density at radius 3 is 2.68 bits per heavy atom. The lowest BCUT2D eigenvalue weighted by atomic mass is 9.94. The molecule has 164 valence electrons. The number of aromatic carboxylic acids is 1. The van der Waals surface area contributed by atoms with Gasteiger partial charge in [0.25, 0.3) is 0 Å². The van der Waals surface area contributed by atoms with Crippen LogP contribution >= 0.6 is 0 Å². The molecule has 0 aliphatic carbocycles. The molecule has 1 fully saturated rings. The van der Waals surface area contributed by atoms with E-state index in [1.165, 1.54) is 18.1 Å². The Morgan fingerprint density at radius 2 is 2.03 bits per heavy atom. The Bertz CT molecular complexity index is 966. The van der Waals surface area contributed by atoms with E-state index in [1.807, 2.05) is 0 Å². The molecule has 1 saturated heterocycles. The molecule has 31 heavy (non-hydrogen) atoms. The summed E-state index contributed by atoms with van der Waals surface area (Å²) in [5.74, 6) is -3.50. The smallest absolute Gasteiger partial charge is 0.357 e. The zero-order chi connectivity index (χ0) is 22.5. The van der Waals surface area contributed by atoms with Crippen LogP contribution in [-0.2, 0) is 4.79 Å². The van der Waals surface area contributed by atoms with Crippen LogP contribution in [0.1, 0.15) is 36.7 Å². The fourth-order valence-electron chi connectivity index (χ4n) is 3.51. The summed E-state index contributed by atoms with van der Waals surface area (Å²) >= 11 is 0. The van der Waals surface area contributed by atoms with Crippen LogP contribution in [0.25, 0.3) is 0 Å². The van der Waals surface area contributed by atoms with Gasteiger partial charge in [-0.05, 0) is 25.3 Å². The first-order valence-electron chi connectivity index (χ1n) is 9.68. The number of aromatic nitrogens is 2. The molecule has 1 N–H and O–H groups in total. The van der Waals surface area contributed by atoms with Crippen molar-refractivity contribution >= 4 is 30.1 Å². The summed E-state index contributed by atoms with van der Waals surface area (Å²) in [4.78, 5) is 36.9. The summed E-state index contributed by atoms with van der Waals surface area (Å²) in [6, 6.07) is -0.389. The zero-order valence-electron chi connectivity index (χ0n) is 16.9. The van der Waals surface area contributed by atoms with Crippen molar-refractivity contribution in [1.82, 2.24) is 15.0 Å². The van der Waals surface area contributed by atoms with Gasteiger partial charge in [-0.3, -0.25) is 9.79 Å². The lowest BCUT2D eigenvalue weighted by Gasteiger charge is -2.34. The number of rotatable bonds is 6. The lowest BCUT2D eigenvalue weighted by molar-refractivity contribution is -0.137. The number of carboxylic acid groups (broad SMARTS) is 1. The minimum Gasteiger partial charge on any atom is -0.476 e. The predicted octanol–water partition coefficient (Wildman–Crippen LogP) is 2.57. The summed E-state index contributed by atoms with van der Waals surface area (Å²) in [5.41, 5.74) is -0.152. The minimum absolute atomic E-state index is 0.0869. The van der Waals surface area contributed by atoms with Gasteiger partial charge in [-0.15, -0.1) is 0 Å². The summed E-state index contributed by atoms with van der Waals surface area (Å²) in [6.07, 6.45) is 6.43. The highest BCUT2D eigenvalue weighted by atomic mass is 19.1. The number of aliphatic imine (C=N–C) groups is 1. The number of halogens is 2. The molecule has 0 bridgehead atoms. The highest BCUT2D eigenvalue weighted by Gasteiger charge is 2.35. The van der Waals surface area contributed by atoms with Gasteiger partial charge in [0.15, 0.2) is 17.3 Å². The third-order valence-corrected chi connectivity index (χ3v) is 5.09. The van der Waals surface area contributed by atoms with E-state index < -0.39 is 23.3 Å². The number of carboxylic acids is 1. The van der Waals surface area contributed by atoms with Gasteiger partial charge >= 0.3 is 5.97 Å². The fourth-order valence-corrected chi connectivity index (χ4v) is 3.51. The molecule has 0 aromatic carbocycles. The van der Waals surface area contributed by atoms with Crippen molar-refractivity contribution in [3.8, 4) is 0 Å². The normalized spacial score (nSPS) is 20.0. The van der Waals surface area contributed by atoms with Gasteiger partial charge in [0.1, 0.15) is 12.2 Å². The van der Waals surface area contributed by atoms with Gasteiger partial charge in [-0.2, -0.15) is 5.10 Å². The molecular formula is C20H22F2N6O3.